The van der Waals surface area contributed by atoms with Crippen LogP contribution in [0.2, 0.25) is 0 Å². The summed E-state index contributed by atoms with van der Waals surface area (Å²) in [6.07, 6.45) is 6.71. The molecule has 1 unspecified atom stereocenters. The Morgan fingerprint density at radius 1 is 1.30 bits per heavy atom. The van der Waals surface area contributed by atoms with Gasteiger partial charge in [0.2, 0.25) is 0 Å². The van der Waals surface area contributed by atoms with Crippen LogP contribution in [0.4, 0.5) is 0 Å². The van der Waals surface area contributed by atoms with Gasteiger partial charge in [-0.15, -0.1) is 11.6 Å². The van der Waals surface area contributed by atoms with Gasteiger partial charge >= 0.3 is 0 Å². The van der Waals surface area contributed by atoms with Crippen LogP contribution in [0.1, 0.15) is 53.4 Å². The summed E-state index contributed by atoms with van der Waals surface area (Å²) in [7, 11) is 0. The summed E-state index contributed by atoms with van der Waals surface area (Å²) in [6.45, 7) is 7.36. The minimum absolute atomic E-state index is 0.0308. The number of ketones is 2. The average Bonchev–Trinajstić information content (AvgIpc) is 2.79. The number of fused-ring (bicyclic) bond motifs is 5. The maximum absolute atomic E-state index is 12.5. The second kappa shape index (κ2) is 5.55. The van der Waals surface area contributed by atoms with Crippen molar-refractivity contribution < 1.29 is 19.8 Å². The summed E-state index contributed by atoms with van der Waals surface area (Å²) in [5.74, 6) is -0.420. The lowest BCUT2D eigenvalue weighted by Crippen LogP contribution is -2.68. The van der Waals surface area contributed by atoms with Crippen LogP contribution in [-0.4, -0.2) is 38.4 Å². The van der Waals surface area contributed by atoms with Gasteiger partial charge in [0.1, 0.15) is 5.60 Å². The fourth-order valence-electron chi connectivity index (χ4n) is 7.30. The molecule has 2 N–H and O–H groups in total. The van der Waals surface area contributed by atoms with E-state index in [9.17, 15) is 19.8 Å². The summed E-state index contributed by atoms with van der Waals surface area (Å²) in [6, 6.07) is 0. The molecule has 4 aliphatic rings. The Kier molecular flexibility index (Phi) is 3.98. The topological polar surface area (TPSA) is 74.6 Å². The van der Waals surface area contributed by atoms with Crippen LogP contribution in [-0.2, 0) is 9.59 Å². The van der Waals surface area contributed by atoms with Crippen molar-refractivity contribution in [2.45, 2.75) is 70.0 Å². The molecule has 0 radical (unpaired) electrons. The molecule has 0 aromatic heterocycles. The van der Waals surface area contributed by atoms with E-state index in [1.807, 2.05) is 26.8 Å². The molecule has 4 rings (SSSR count). The molecule has 0 aliphatic heterocycles. The van der Waals surface area contributed by atoms with E-state index < -0.39 is 27.4 Å². The summed E-state index contributed by atoms with van der Waals surface area (Å²) < 4.78 is 0. The first kappa shape index (κ1) is 19.4. The average molecular weight is 393 g/mol. The number of hydrogen-bond acceptors (Lipinski definition) is 4. The van der Waals surface area contributed by atoms with E-state index in [-0.39, 0.29) is 35.7 Å². The number of aliphatic hydroxyl groups excluding tert-OH is 1. The van der Waals surface area contributed by atoms with Gasteiger partial charge in [0.15, 0.2) is 11.6 Å². The van der Waals surface area contributed by atoms with Gasteiger partial charge in [0.25, 0.3) is 0 Å². The maximum Gasteiger partial charge on any atom is 0.178 e. The van der Waals surface area contributed by atoms with Crippen LogP contribution in [0.5, 0.6) is 0 Å². The highest BCUT2D eigenvalue weighted by molar-refractivity contribution is 6.26. The molecule has 5 heteroatoms. The van der Waals surface area contributed by atoms with Crippen molar-refractivity contribution in [3.8, 4) is 0 Å². The standard InChI is InChI=1S/C22H29ClO4/c1-12-9-17-16-6-5-14-10-15(25)7-8-19(14,3)21(16,23)18(26)11-20(17,4)22(12,27)13(2)24/h7-8,10,12,16-18,26-27H,5-6,9,11H2,1-4H3/t12-,16-,17-,18-,19-,20-,21?,22-/m0/s1. The molecule has 0 bridgehead atoms. The zero-order valence-corrected chi connectivity index (χ0v) is 17.2. The van der Waals surface area contributed by atoms with Gasteiger partial charge in [-0.1, -0.05) is 32.4 Å². The minimum Gasteiger partial charge on any atom is -0.391 e. The molecule has 8 atom stereocenters. The third kappa shape index (κ3) is 2.02. The van der Waals surface area contributed by atoms with Crippen molar-refractivity contribution in [2.75, 3.05) is 0 Å². The largest absolute Gasteiger partial charge is 0.391 e. The number of aliphatic hydroxyl groups is 2. The first-order chi connectivity index (χ1) is 12.4. The highest BCUT2D eigenvalue weighted by Gasteiger charge is 2.74. The lowest BCUT2D eigenvalue weighted by atomic mass is 9.45. The number of Topliss-reactive ketones (excluding diaryl/α,β-unsaturated/α-hetero) is 1. The van der Waals surface area contributed by atoms with Crippen molar-refractivity contribution in [1.29, 1.82) is 0 Å². The van der Waals surface area contributed by atoms with Gasteiger partial charge in [0.05, 0.1) is 11.0 Å². The first-order valence-electron chi connectivity index (χ1n) is 9.97. The molecule has 148 valence electrons. The predicted octanol–water partition coefficient (Wildman–Crippen LogP) is 3.19. The summed E-state index contributed by atoms with van der Waals surface area (Å²) in [5.41, 5.74) is -1.76. The molecule has 3 saturated carbocycles. The molecule has 3 fully saturated rings. The van der Waals surface area contributed by atoms with Gasteiger partial charge in [-0.2, -0.15) is 0 Å². The zero-order chi connectivity index (χ0) is 20.0. The molecular weight excluding hydrogens is 364 g/mol. The van der Waals surface area contributed by atoms with E-state index in [2.05, 4.69) is 0 Å². The van der Waals surface area contributed by atoms with Crippen molar-refractivity contribution in [2.24, 2.45) is 28.6 Å². The quantitative estimate of drug-likeness (QED) is 0.672. The summed E-state index contributed by atoms with van der Waals surface area (Å²) >= 11 is 7.32. The molecule has 0 heterocycles. The SMILES string of the molecule is CC(=O)[C@@]1(O)[C@@H](C)C[C@H]2[C@@H]3CCC4=CC(=O)C=C[C@]4(C)C3(Cl)[C@@H](O)C[C@@]21C. The van der Waals surface area contributed by atoms with Gasteiger partial charge in [0, 0.05) is 10.8 Å². The second-order valence-corrected chi connectivity index (χ2v) is 10.3. The monoisotopic (exact) mass is 392 g/mol. The molecule has 0 amide bonds. The van der Waals surface area contributed by atoms with Crippen molar-refractivity contribution >= 4 is 23.2 Å². The molecule has 4 aliphatic carbocycles. The lowest BCUT2D eigenvalue weighted by molar-refractivity contribution is -0.175. The number of alkyl halides is 1. The minimum atomic E-state index is -1.44. The van der Waals surface area contributed by atoms with Crippen molar-refractivity contribution in [3.05, 3.63) is 23.8 Å². The predicted molar refractivity (Wildman–Crippen MR) is 103 cm³/mol. The van der Waals surface area contributed by atoms with Crippen LogP contribution in [0.3, 0.4) is 0 Å². The Hall–Kier alpha value is -0.970. The normalized spacial score (nSPS) is 54.0. The third-order valence-corrected chi connectivity index (χ3v) is 9.68. The summed E-state index contributed by atoms with van der Waals surface area (Å²) in [4.78, 5) is 23.4. The molecular formula is C22H29ClO4. The second-order valence-electron chi connectivity index (χ2n) is 9.72. The fraction of sp³-hybridized carbons (Fsp3) is 0.727. The van der Waals surface area contributed by atoms with E-state index >= 15 is 0 Å². The molecule has 0 saturated heterocycles. The number of carbonyl (C=O) groups is 2. The van der Waals surface area contributed by atoms with Gasteiger partial charge in [-0.3, -0.25) is 9.59 Å². The third-order valence-electron chi connectivity index (χ3n) is 8.76. The van der Waals surface area contributed by atoms with E-state index in [4.69, 9.17) is 11.6 Å². The van der Waals surface area contributed by atoms with E-state index in [1.54, 1.807) is 12.2 Å². The molecule has 4 nitrogen and oxygen atoms in total. The van der Waals surface area contributed by atoms with E-state index in [0.29, 0.717) is 0 Å². The van der Waals surface area contributed by atoms with Crippen molar-refractivity contribution in [1.82, 2.24) is 0 Å². The molecule has 0 aromatic rings. The number of halogens is 1. The zero-order valence-electron chi connectivity index (χ0n) is 16.5. The highest BCUT2D eigenvalue weighted by Crippen LogP contribution is 2.71. The Labute approximate surface area is 165 Å². The Bertz CT molecular complexity index is 787. The Morgan fingerprint density at radius 2 is 1.96 bits per heavy atom. The number of allylic oxidation sites excluding steroid dienone is 4. The number of hydrogen-bond donors (Lipinski definition) is 2. The van der Waals surface area contributed by atoms with Gasteiger partial charge < -0.3 is 10.2 Å². The van der Waals surface area contributed by atoms with Crippen molar-refractivity contribution in [3.63, 3.8) is 0 Å². The summed E-state index contributed by atoms with van der Waals surface area (Å²) in [5, 5.41) is 22.8. The highest BCUT2D eigenvalue weighted by atomic mass is 35.5. The Balaban J connectivity index is 1.85. The van der Waals surface area contributed by atoms with Crippen LogP contribution in [0.25, 0.3) is 0 Å². The smallest absolute Gasteiger partial charge is 0.178 e. The maximum atomic E-state index is 12.5. The van der Waals surface area contributed by atoms with Crippen LogP contribution in [0.15, 0.2) is 23.8 Å². The van der Waals surface area contributed by atoms with Crippen LogP contribution in [0, 0.1) is 28.6 Å². The molecule has 0 spiro atoms. The number of rotatable bonds is 1. The first-order valence-corrected chi connectivity index (χ1v) is 10.4. The molecule has 27 heavy (non-hydrogen) atoms. The molecule has 0 aromatic carbocycles. The Morgan fingerprint density at radius 3 is 2.59 bits per heavy atom. The van der Waals surface area contributed by atoms with E-state index in [0.717, 1.165) is 24.8 Å². The van der Waals surface area contributed by atoms with Crippen LogP contribution < -0.4 is 0 Å². The number of carbonyl (C=O) groups excluding carboxylic acids is 2. The van der Waals surface area contributed by atoms with E-state index in [1.165, 1.54) is 6.92 Å². The van der Waals surface area contributed by atoms with Gasteiger partial charge in [-0.25, -0.2) is 0 Å². The lowest BCUT2D eigenvalue weighted by Gasteiger charge is -2.63. The fourth-order valence-corrected chi connectivity index (χ4v) is 7.82. The van der Waals surface area contributed by atoms with Crippen LogP contribution >= 0.6 is 11.6 Å². The van der Waals surface area contributed by atoms with Gasteiger partial charge in [-0.05, 0) is 62.5 Å².